The van der Waals surface area contributed by atoms with E-state index in [4.69, 9.17) is 4.74 Å². The van der Waals surface area contributed by atoms with Crippen LogP contribution in [0.4, 0.5) is 0 Å². The van der Waals surface area contributed by atoms with E-state index in [1.54, 1.807) is 0 Å². The monoisotopic (exact) mass is 387 g/mol. The van der Waals surface area contributed by atoms with Gasteiger partial charge in [0.1, 0.15) is 0 Å². The maximum atomic E-state index is 5.45. The molecule has 2 heterocycles. The number of nitrogens with one attached hydrogen (secondary N) is 2. The van der Waals surface area contributed by atoms with Crippen LogP contribution in [0.15, 0.2) is 29.3 Å². The van der Waals surface area contributed by atoms with E-state index in [0.29, 0.717) is 18.0 Å². The average Bonchev–Trinajstić information content (AvgIpc) is 3.07. The molecule has 0 spiro atoms. The molecule has 2 fully saturated rings. The Hall–Kier alpha value is -1.63. The summed E-state index contributed by atoms with van der Waals surface area (Å²) < 4.78 is 5.45. The van der Waals surface area contributed by atoms with Crippen LogP contribution in [-0.4, -0.2) is 74.3 Å². The SMILES string of the molecule is CN=C(NCc1cccc(CN2CCOCC2)c1)NC1CN(C(C)C)CC1C. The Morgan fingerprint density at radius 1 is 1.21 bits per heavy atom. The molecule has 2 saturated heterocycles. The molecule has 0 saturated carbocycles. The van der Waals surface area contributed by atoms with Crippen molar-refractivity contribution in [2.75, 3.05) is 46.4 Å². The zero-order valence-corrected chi connectivity index (χ0v) is 17.9. The molecule has 6 nitrogen and oxygen atoms in total. The van der Waals surface area contributed by atoms with Crippen molar-refractivity contribution in [3.05, 3.63) is 35.4 Å². The Kier molecular flexibility index (Phi) is 7.71. The summed E-state index contributed by atoms with van der Waals surface area (Å²) in [5.41, 5.74) is 2.65. The summed E-state index contributed by atoms with van der Waals surface area (Å²) in [6, 6.07) is 9.89. The molecular weight excluding hydrogens is 350 g/mol. The summed E-state index contributed by atoms with van der Waals surface area (Å²) in [7, 11) is 1.85. The normalized spacial score (nSPS) is 24.7. The fourth-order valence-corrected chi connectivity index (χ4v) is 4.03. The number of benzene rings is 1. The van der Waals surface area contributed by atoms with E-state index in [1.807, 2.05) is 7.05 Å². The lowest BCUT2D eigenvalue weighted by Gasteiger charge is -2.26. The van der Waals surface area contributed by atoms with Crippen LogP contribution in [-0.2, 0) is 17.8 Å². The van der Waals surface area contributed by atoms with E-state index >= 15 is 0 Å². The van der Waals surface area contributed by atoms with Crippen molar-refractivity contribution in [1.82, 2.24) is 20.4 Å². The Morgan fingerprint density at radius 2 is 1.96 bits per heavy atom. The second kappa shape index (κ2) is 10.2. The highest BCUT2D eigenvalue weighted by atomic mass is 16.5. The number of ether oxygens (including phenoxy) is 1. The number of hydrogen-bond acceptors (Lipinski definition) is 4. The number of aliphatic imine (C=N–C) groups is 1. The Labute approximate surface area is 170 Å². The predicted molar refractivity (Wildman–Crippen MR) is 116 cm³/mol. The lowest BCUT2D eigenvalue weighted by molar-refractivity contribution is 0.0342. The topological polar surface area (TPSA) is 52.1 Å². The predicted octanol–water partition coefficient (Wildman–Crippen LogP) is 1.91. The molecule has 2 atom stereocenters. The highest BCUT2D eigenvalue weighted by molar-refractivity contribution is 5.80. The van der Waals surface area contributed by atoms with Gasteiger partial charge in [-0.3, -0.25) is 14.8 Å². The lowest BCUT2D eigenvalue weighted by atomic mass is 10.1. The molecule has 156 valence electrons. The van der Waals surface area contributed by atoms with Gasteiger partial charge in [-0.05, 0) is 30.9 Å². The van der Waals surface area contributed by atoms with Crippen LogP contribution in [0.2, 0.25) is 0 Å². The first-order valence-electron chi connectivity index (χ1n) is 10.6. The van der Waals surface area contributed by atoms with E-state index in [1.165, 1.54) is 11.1 Å². The first-order chi connectivity index (χ1) is 13.5. The van der Waals surface area contributed by atoms with Crippen molar-refractivity contribution in [1.29, 1.82) is 0 Å². The fourth-order valence-electron chi connectivity index (χ4n) is 4.03. The molecule has 2 N–H and O–H groups in total. The van der Waals surface area contributed by atoms with Gasteiger partial charge in [0.05, 0.1) is 13.2 Å². The Morgan fingerprint density at radius 3 is 2.64 bits per heavy atom. The molecule has 28 heavy (non-hydrogen) atoms. The fraction of sp³-hybridized carbons (Fsp3) is 0.682. The largest absolute Gasteiger partial charge is 0.379 e. The zero-order chi connectivity index (χ0) is 19.9. The number of nitrogens with zero attached hydrogens (tertiary/aromatic N) is 3. The van der Waals surface area contributed by atoms with Crippen LogP contribution in [0.1, 0.15) is 31.9 Å². The minimum absolute atomic E-state index is 0.446. The molecule has 1 aromatic rings. The van der Waals surface area contributed by atoms with E-state index in [-0.39, 0.29) is 0 Å². The minimum atomic E-state index is 0.446. The van der Waals surface area contributed by atoms with Crippen molar-refractivity contribution < 1.29 is 4.74 Å². The number of rotatable bonds is 6. The third-order valence-corrected chi connectivity index (χ3v) is 5.88. The molecule has 0 bridgehead atoms. The van der Waals surface area contributed by atoms with Gasteiger partial charge in [-0.15, -0.1) is 0 Å². The van der Waals surface area contributed by atoms with Crippen LogP contribution in [0.25, 0.3) is 0 Å². The zero-order valence-electron chi connectivity index (χ0n) is 17.9. The maximum absolute atomic E-state index is 5.45. The maximum Gasteiger partial charge on any atom is 0.191 e. The van der Waals surface area contributed by atoms with Gasteiger partial charge < -0.3 is 15.4 Å². The smallest absolute Gasteiger partial charge is 0.191 e. The molecule has 0 radical (unpaired) electrons. The lowest BCUT2D eigenvalue weighted by Crippen LogP contribution is -2.46. The third kappa shape index (κ3) is 5.93. The molecule has 2 aliphatic rings. The average molecular weight is 388 g/mol. The number of likely N-dealkylation sites (tertiary alicyclic amines) is 1. The van der Waals surface area contributed by atoms with Gasteiger partial charge in [0.2, 0.25) is 0 Å². The van der Waals surface area contributed by atoms with Crippen LogP contribution < -0.4 is 10.6 Å². The molecule has 0 aliphatic carbocycles. The third-order valence-electron chi connectivity index (χ3n) is 5.88. The van der Waals surface area contributed by atoms with Gasteiger partial charge in [0, 0.05) is 58.4 Å². The van der Waals surface area contributed by atoms with E-state index in [0.717, 1.165) is 58.4 Å². The summed E-state index contributed by atoms with van der Waals surface area (Å²) in [5, 5.41) is 7.12. The van der Waals surface area contributed by atoms with Crippen molar-refractivity contribution in [2.24, 2.45) is 10.9 Å². The van der Waals surface area contributed by atoms with Gasteiger partial charge >= 0.3 is 0 Å². The standard InChI is InChI=1S/C22H37N5O/c1-17(2)27-14-18(3)21(16-27)25-22(23-4)24-13-19-6-5-7-20(12-19)15-26-8-10-28-11-9-26/h5-7,12,17-18,21H,8-11,13-16H2,1-4H3,(H2,23,24,25). The molecule has 0 amide bonds. The Balaban J connectivity index is 1.50. The number of hydrogen-bond donors (Lipinski definition) is 2. The Bertz CT molecular complexity index is 642. The van der Waals surface area contributed by atoms with Gasteiger partial charge in [0.15, 0.2) is 5.96 Å². The van der Waals surface area contributed by atoms with Crippen LogP contribution in [0.3, 0.4) is 0 Å². The van der Waals surface area contributed by atoms with Crippen LogP contribution >= 0.6 is 0 Å². The highest BCUT2D eigenvalue weighted by Gasteiger charge is 2.31. The number of guanidine groups is 1. The molecular formula is C22H37N5O. The number of morpholine rings is 1. The van der Waals surface area contributed by atoms with E-state index in [9.17, 15) is 0 Å². The summed E-state index contributed by atoms with van der Waals surface area (Å²) in [4.78, 5) is 9.43. The summed E-state index contributed by atoms with van der Waals surface area (Å²) in [6.07, 6.45) is 0. The molecule has 1 aromatic carbocycles. The van der Waals surface area contributed by atoms with Crippen molar-refractivity contribution >= 4 is 5.96 Å². The molecule has 2 unspecified atom stereocenters. The molecule has 2 aliphatic heterocycles. The van der Waals surface area contributed by atoms with Crippen LogP contribution in [0.5, 0.6) is 0 Å². The van der Waals surface area contributed by atoms with E-state index in [2.05, 4.69) is 70.5 Å². The van der Waals surface area contributed by atoms with Gasteiger partial charge in [-0.25, -0.2) is 0 Å². The van der Waals surface area contributed by atoms with Gasteiger partial charge in [0.25, 0.3) is 0 Å². The van der Waals surface area contributed by atoms with Crippen molar-refractivity contribution in [3.8, 4) is 0 Å². The molecule has 0 aromatic heterocycles. The van der Waals surface area contributed by atoms with Gasteiger partial charge in [-0.2, -0.15) is 0 Å². The first-order valence-corrected chi connectivity index (χ1v) is 10.6. The minimum Gasteiger partial charge on any atom is -0.379 e. The van der Waals surface area contributed by atoms with Crippen LogP contribution in [0, 0.1) is 5.92 Å². The quantitative estimate of drug-likeness (QED) is 0.577. The highest BCUT2D eigenvalue weighted by Crippen LogP contribution is 2.18. The molecule has 3 rings (SSSR count). The van der Waals surface area contributed by atoms with Crippen molar-refractivity contribution in [2.45, 2.75) is 45.9 Å². The van der Waals surface area contributed by atoms with E-state index < -0.39 is 0 Å². The molecule has 6 heteroatoms. The van der Waals surface area contributed by atoms with Gasteiger partial charge in [-0.1, -0.05) is 31.2 Å². The second-order valence-corrected chi connectivity index (χ2v) is 8.41. The second-order valence-electron chi connectivity index (χ2n) is 8.41. The first kappa shape index (κ1) is 21.1. The summed E-state index contributed by atoms with van der Waals surface area (Å²) in [6.45, 7) is 14.6. The summed E-state index contributed by atoms with van der Waals surface area (Å²) >= 11 is 0. The van der Waals surface area contributed by atoms with Crippen molar-refractivity contribution in [3.63, 3.8) is 0 Å². The summed E-state index contributed by atoms with van der Waals surface area (Å²) in [5.74, 6) is 1.51.